The third-order valence-electron chi connectivity index (χ3n) is 1.78. The molecular weight excluding hydrogens is 102 g/mol. The van der Waals surface area contributed by atoms with E-state index in [0.717, 1.165) is 0 Å². The predicted octanol–water partition coefficient (Wildman–Crippen LogP) is 2.64. The molecule has 0 amide bonds. The van der Waals surface area contributed by atoms with Gasteiger partial charge in [0, 0.05) is 0 Å². The summed E-state index contributed by atoms with van der Waals surface area (Å²) < 4.78 is 12.3. The smallest absolute Gasteiger partial charge is 0.100 e. The highest BCUT2D eigenvalue weighted by Crippen LogP contribution is 2.15. The fraction of sp³-hybridized carbons (Fsp3) is 1.00. The molecule has 0 bridgehead atoms. The van der Waals surface area contributed by atoms with Gasteiger partial charge in [0.05, 0.1) is 0 Å². The van der Waals surface area contributed by atoms with Crippen molar-refractivity contribution in [1.29, 1.82) is 0 Å². The van der Waals surface area contributed by atoms with Crippen LogP contribution in [0.15, 0.2) is 0 Å². The van der Waals surface area contributed by atoms with E-state index in [4.69, 9.17) is 0 Å². The van der Waals surface area contributed by atoms with E-state index in [1.807, 2.05) is 20.8 Å². The summed E-state index contributed by atoms with van der Waals surface area (Å²) in [5, 5.41) is 0. The minimum atomic E-state index is -0.657. The zero-order chi connectivity index (χ0) is 6.73. The zero-order valence-electron chi connectivity index (χ0n) is 6.11. The molecule has 8 heavy (non-hydrogen) atoms. The molecule has 2 atom stereocenters. The number of halogens is 1. The Labute approximate surface area is 51.1 Å². The molecule has 0 heterocycles. The Balaban J connectivity index is 3.46. The highest BCUT2D eigenvalue weighted by Gasteiger charge is 2.13. The second-order valence-corrected chi connectivity index (χ2v) is 2.78. The van der Waals surface area contributed by atoms with Crippen molar-refractivity contribution in [2.24, 2.45) is 11.8 Å². The fourth-order valence-corrected chi connectivity index (χ4v) is 0.530. The first-order chi connectivity index (χ1) is 3.55. The normalized spacial score (nSPS) is 18.8. The van der Waals surface area contributed by atoms with Gasteiger partial charge in [0.1, 0.15) is 6.17 Å². The maximum absolute atomic E-state index is 12.3. The van der Waals surface area contributed by atoms with Crippen LogP contribution in [-0.4, -0.2) is 6.17 Å². The Morgan fingerprint density at radius 2 is 1.38 bits per heavy atom. The van der Waals surface area contributed by atoms with Crippen LogP contribution < -0.4 is 0 Å². The summed E-state index contributed by atoms with van der Waals surface area (Å²) in [4.78, 5) is 0. The summed E-state index contributed by atoms with van der Waals surface area (Å²) in [6.07, 6.45) is -0.657. The van der Waals surface area contributed by atoms with Crippen molar-refractivity contribution in [1.82, 2.24) is 0 Å². The molecule has 0 aliphatic carbocycles. The van der Waals surface area contributed by atoms with Crippen LogP contribution in [0.5, 0.6) is 0 Å². The van der Waals surface area contributed by atoms with Crippen LogP contribution >= 0.6 is 0 Å². The van der Waals surface area contributed by atoms with Gasteiger partial charge in [-0.15, -0.1) is 0 Å². The summed E-state index contributed by atoms with van der Waals surface area (Å²) >= 11 is 0. The van der Waals surface area contributed by atoms with Crippen molar-refractivity contribution in [3.8, 4) is 0 Å². The van der Waals surface area contributed by atoms with Gasteiger partial charge in [-0.3, -0.25) is 0 Å². The molecule has 0 aliphatic heterocycles. The SMILES string of the molecule is CC(C)[C@@H](C)[C@@H](C)[18F]. The van der Waals surface area contributed by atoms with E-state index in [-0.39, 0.29) is 5.92 Å². The molecule has 0 radical (unpaired) electrons. The van der Waals surface area contributed by atoms with Gasteiger partial charge in [0.15, 0.2) is 0 Å². The number of hydrogen-bond donors (Lipinski definition) is 0. The molecular formula is C7H15F. The first kappa shape index (κ1) is 7.93. The van der Waals surface area contributed by atoms with Crippen molar-refractivity contribution in [3.05, 3.63) is 0 Å². The highest BCUT2D eigenvalue weighted by atomic mass is 18.2. The van der Waals surface area contributed by atoms with Gasteiger partial charge < -0.3 is 0 Å². The molecule has 0 nitrogen and oxygen atoms in total. The van der Waals surface area contributed by atoms with Crippen LogP contribution in [0.4, 0.5) is 4.39 Å². The number of alkyl halides is 1. The van der Waals surface area contributed by atoms with Crippen molar-refractivity contribution in [2.75, 3.05) is 0 Å². The summed E-state index contributed by atoms with van der Waals surface area (Å²) in [6.45, 7) is 7.64. The van der Waals surface area contributed by atoms with Crippen LogP contribution in [0.2, 0.25) is 0 Å². The highest BCUT2D eigenvalue weighted by molar-refractivity contribution is 4.62. The maximum atomic E-state index is 12.3. The van der Waals surface area contributed by atoms with Crippen LogP contribution in [0.25, 0.3) is 0 Å². The van der Waals surface area contributed by atoms with E-state index in [9.17, 15) is 4.39 Å². The van der Waals surface area contributed by atoms with Crippen molar-refractivity contribution in [3.63, 3.8) is 0 Å². The Kier molecular flexibility index (Phi) is 3.03. The van der Waals surface area contributed by atoms with Gasteiger partial charge in [-0.2, -0.15) is 0 Å². The first-order valence-corrected chi connectivity index (χ1v) is 3.19. The van der Waals surface area contributed by atoms with Gasteiger partial charge in [0.2, 0.25) is 0 Å². The Morgan fingerprint density at radius 3 is 1.38 bits per heavy atom. The molecule has 1 heteroatoms. The second-order valence-electron chi connectivity index (χ2n) is 2.78. The van der Waals surface area contributed by atoms with E-state index >= 15 is 0 Å². The van der Waals surface area contributed by atoms with E-state index in [2.05, 4.69) is 0 Å². The maximum Gasteiger partial charge on any atom is 0.100 e. The molecule has 0 saturated heterocycles. The second kappa shape index (κ2) is 3.06. The van der Waals surface area contributed by atoms with Gasteiger partial charge in [0.25, 0.3) is 0 Å². The molecule has 0 rings (SSSR count). The lowest BCUT2D eigenvalue weighted by atomic mass is 9.94. The van der Waals surface area contributed by atoms with Crippen molar-refractivity contribution >= 4 is 0 Å². The lowest BCUT2D eigenvalue weighted by Crippen LogP contribution is -2.14. The van der Waals surface area contributed by atoms with Crippen LogP contribution in [0.1, 0.15) is 27.7 Å². The minimum Gasteiger partial charge on any atom is -0.247 e. The molecule has 50 valence electrons. The molecule has 0 N–H and O–H groups in total. The van der Waals surface area contributed by atoms with E-state index < -0.39 is 6.17 Å². The lowest BCUT2D eigenvalue weighted by molar-refractivity contribution is 0.215. The average Bonchev–Trinajstić information content (AvgIpc) is 1.64. The number of hydrogen-bond acceptors (Lipinski definition) is 0. The minimum absolute atomic E-state index is 0.204. The van der Waals surface area contributed by atoms with E-state index in [1.165, 1.54) is 0 Å². The van der Waals surface area contributed by atoms with Crippen LogP contribution in [0.3, 0.4) is 0 Å². The molecule has 0 aromatic rings. The molecule has 0 aliphatic rings. The largest absolute Gasteiger partial charge is 0.247 e. The van der Waals surface area contributed by atoms with Gasteiger partial charge in [-0.1, -0.05) is 20.8 Å². The summed E-state index contributed by atoms with van der Waals surface area (Å²) in [7, 11) is 0. The van der Waals surface area contributed by atoms with Gasteiger partial charge in [-0.25, -0.2) is 4.39 Å². The quantitative estimate of drug-likeness (QED) is 0.521. The molecule has 0 aromatic carbocycles. The van der Waals surface area contributed by atoms with Gasteiger partial charge >= 0.3 is 0 Å². The molecule has 0 unspecified atom stereocenters. The summed E-state index contributed by atoms with van der Waals surface area (Å²) in [6, 6.07) is 0. The number of rotatable bonds is 2. The predicted molar refractivity (Wildman–Crippen MR) is 34.6 cm³/mol. The summed E-state index contributed by atoms with van der Waals surface area (Å²) in [5.41, 5.74) is 0. The lowest BCUT2D eigenvalue weighted by Gasteiger charge is -2.15. The summed E-state index contributed by atoms with van der Waals surface area (Å²) in [5.74, 6) is 0.671. The van der Waals surface area contributed by atoms with Crippen LogP contribution in [-0.2, 0) is 0 Å². The van der Waals surface area contributed by atoms with E-state index in [0.29, 0.717) is 5.92 Å². The topological polar surface area (TPSA) is 0 Å². The fourth-order valence-electron chi connectivity index (χ4n) is 0.530. The van der Waals surface area contributed by atoms with Crippen molar-refractivity contribution in [2.45, 2.75) is 33.9 Å². The van der Waals surface area contributed by atoms with Crippen molar-refractivity contribution < 1.29 is 4.39 Å². The molecule has 0 aromatic heterocycles. The van der Waals surface area contributed by atoms with Crippen LogP contribution in [0, 0.1) is 11.8 Å². The van der Waals surface area contributed by atoms with Gasteiger partial charge in [-0.05, 0) is 18.8 Å². The van der Waals surface area contributed by atoms with E-state index in [1.54, 1.807) is 6.92 Å². The zero-order valence-corrected chi connectivity index (χ0v) is 6.11. The first-order valence-electron chi connectivity index (χ1n) is 3.19. The molecule has 0 fully saturated rings. The Hall–Kier alpha value is -0.0700. The third kappa shape index (κ3) is 2.29. The standard InChI is InChI=1S/C7H15F/c1-5(2)6(3)7(4)8/h5-7H,1-4H3/t6-,7-/m1/s1/i8-1. The molecule has 0 spiro atoms. The average molecular weight is 117 g/mol. The Bertz CT molecular complexity index is 49.4. The monoisotopic (exact) mass is 117 g/mol. The molecule has 0 saturated carbocycles. The Morgan fingerprint density at radius 1 is 1.00 bits per heavy atom. The third-order valence-corrected chi connectivity index (χ3v) is 1.78.